The molecule has 3 nitrogen and oxygen atoms in total. The minimum absolute atomic E-state index is 0.0126. The minimum atomic E-state index is 0.0126. The smallest absolute Gasteiger partial charge is 0.400 e. The first kappa shape index (κ1) is 12.3. The minimum Gasteiger partial charge on any atom is -0.501 e. The number of hydrogen-bond acceptors (Lipinski definition) is 2. The summed E-state index contributed by atoms with van der Waals surface area (Å²) in [4.78, 5) is 2.97. The van der Waals surface area contributed by atoms with E-state index in [9.17, 15) is 5.11 Å². The Bertz CT molecular complexity index is 424. The standard InChI is InChI=1S/C13H16N2O/c1-9(2)8-11-4-6-12(7-5-11)13(16)10(3)15-14/h4-7,9H,8H2,1-3H3/p+1/b13-10-. The van der Waals surface area contributed by atoms with E-state index in [1.807, 2.05) is 24.3 Å². The molecule has 0 saturated carbocycles. The lowest BCUT2D eigenvalue weighted by molar-refractivity contribution is 0.507. The number of rotatable bonds is 3. The summed E-state index contributed by atoms with van der Waals surface area (Å²) in [7, 11) is 0. The second-order valence-electron chi connectivity index (χ2n) is 4.33. The molecule has 0 aliphatic heterocycles. The molecule has 0 heterocycles. The second kappa shape index (κ2) is 5.32. The Morgan fingerprint density at radius 3 is 2.31 bits per heavy atom. The van der Waals surface area contributed by atoms with Crippen LogP contribution >= 0.6 is 0 Å². The molecule has 1 rings (SSSR count). The fraction of sp³-hybridized carbons (Fsp3) is 0.385. The van der Waals surface area contributed by atoms with Crippen LogP contribution in [0.25, 0.3) is 10.7 Å². The van der Waals surface area contributed by atoms with Crippen LogP contribution in [0.15, 0.2) is 30.0 Å². The Morgan fingerprint density at radius 2 is 1.88 bits per heavy atom. The van der Waals surface area contributed by atoms with Gasteiger partial charge in [0.05, 0.1) is 0 Å². The van der Waals surface area contributed by atoms with Gasteiger partial charge in [0.15, 0.2) is 4.98 Å². The van der Waals surface area contributed by atoms with Gasteiger partial charge < -0.3 is 5.11 Å². The third kappa shape index (κ3) is 3.09. The molecule has 0 atom stereocenters. The summed E-state index contributed by atoms with van der Waals surface area (Å²) in [5, 5.41) is 18.2. The number of aliphatic hydroxyl groups excluding tert-OH is 1. The van der Waals surface area contributed by atoms with E-state index in [1.54, 1.807) is 6.92 Å². The van der Waals surface area contributed by atoms with Crippen LogP contribution in [0.3, 0.4) is 0 Å². The van der Waals surface area contributed by atoms with Crippen LogP contribution in [0.2, 0.25) is 0 Å². The highest BCUT2D eigenvalue weighted by Gasteiger charge is 2.13. The molecule has 0 aromatic heterocycles. The highest BCUT2D eigenvalue weighted by molar-refractivity contribution is 5.62. The number of aliphatic hydroxyl groups is 1. The third-order valence-electron chi connectivity index (χ3n) is 2.36. The maximum absolute atomic E-state index is 9.69. The van der Waals surface area contributed by atoms with Crippen molar-refractivity contribution in [1.29, 1.82) is 5.39 Å². The van der Waals surface area contributed by atoms with Crippen molar-refractivity contribution in [3.63, 3.8) is 0 Å². The molecular weight excluding hydrogens is 200 g/mol. The zero-order chi connectivity index (χ0) is 12.1. The number of diazo groups is 1. The first-order valence-corrected chi connectivity index (χ1v) is 5.39. The lowest BCUT2D eigenvalue weighted by Gasteiger charge is -2.05. The van der Waals surface area contributed by atoms with Crippen molar-refractivity contribution in [2.24, 2.45) is 5.92 Å². The Balaban J connectivity index is 2.92. The van der Waals surface area contributed by atoms with E-state index >= 15 is 0 Å². The zero-order valence-corrected chi connectivity index (χ0v) is 9.94. The Labute approximate surface area is 96.1 Å². The summed E-state index contributed by atoms with van der Waals surface area (Å²) in [6.45, 7) is 5.89. The summed E-state index contributed by atoms with van der Waals surface area (Å²) >= 11 is 0. The van der Waals surface area contributed by atoms with Crippen LogP contribution in [-0.4, -0.2) is 5.11 Å². The van der Waals surface area contributed by atoms with Crippen molar-refractivity contribution < 1.29 is 5.11 Å². The van der Waals surface area contributed by atoms with E-state index < -0.39 is 0 Å². The maximum atomic E-state index is 9.69. The zero-order valence-electron chi connectivity index (χ0n) is 9.94. The molecule has 0 aliphatic carbocycles. The molecule has 1 N–H and O–H groups in total. The van der Waals surface area contributed by atoms with Crippen molar-refractivity contribution >= 4 is 5.76 Å². The van der Waals surface area contributed by atoms with Gasteiger partial charge in [0.2, 0.25) is 11.2 Å². The highest BCUT2D eigenvalue weighted by atomic mass is 16.3. The van der Waals surface area contributed by atoms with Gasteiger partial charge in [-0.3, -0.25) is 0 Å². The fourth-order valence-corrected chi connectivity index (χ4v) is 1.53. The molecule has 16 heavy (non-hydrogen) atoms. The van der Waals surface area contributed by atoms with Gasteiger partial charge >= 0.3 is 5.70 Å². The Hall–Kier alpha value is -1.82. The molecule has 0 saturated heterocycles. The van der Waals surface area contributed by atoms with Crippen LogP contribution in [0.5, 0.6) is 0 Å². The number of allylic oxidation sites excluding steroid dienone is 1. The van der Waals surface area contributed by atoms with Gasteiger partial charge in [0.25, 0.3) is 0 Å². The van der Waals surface area contributed by atoms with E-state index in [1.165, 1.54) is 5.56 Å². The van der Waals surface area contributed by atoms with Crippen LogP contribution in [0, 0.1) is 11.3 Å². The van der Waals surface area contributed by atoms with Gasteiger partial charge in [-0.15, -0.1) is 0 Å². The van der Waals surface area contributed by atoms with Crippen molar-refractivity contribution in [2.75, 3.05) is 0 Å². The van der Waals surface area contributed by atoms with E-state index in [4.69, 9.17) is 5.39 Å². The van der Waals surface area contributed by atoms with Gasteiger partial charge in [-0.25, -0.2) is 0 Å². The monoisotopic (exact) mass is 217 g/mol. The maximum Gasteiger partial charge on any atom is 0.400 e. The normalized spacial score (nSPS) is 12.2. The topological polar surface area (TPSA) is 48.4 Å². The van der Waals surface area contributed by atoms with E-state index in [-0.39, 0.29) is 11.5 Å². The largest absolute Gasteiger partial charge is 0.501 e. The molecule has 3 heteroatoms. The predicted molar refractivity (Wildman–Crippen MR) is 65.3 cm³/mol. The van der Waals surface area contributed by atoms with Gasteiger partial charge in [-0.05, 0) is 17.9 Å². The first-order valence-electron chi connectivity index (χ1n) is 5.39. The molecule has 0 unspecified atom stereocenters. The van der Waals surface area contributed by atoms with Gasteiger partial charge in [-0.1, -0.05) is 38.1 Å². The molecule has 0 aliphatic rings. The average molecular weight is 217 g/mol. The third-order valence-corrected chi connectivity index (χ3v) is 2.36. The summed E-state index contributed by atoms with van der Waals surface area (Å²) in [5.74, 6) is 0.628. The lowest BCUT2D eigenvalue weighted by atomic mass is 10.0. The van der Waals surface area contributed by atoms with Crippen molar-refractivity contribution in [2.45, 2.75) is 27.2 Å². The first-order chi connectivity index (χ1) is 7.54. The molecule has 0 spiro atoms. The lowest BCUT2D eigenvalue weighted by Crippen LogP contribution is -1.94. The van der Waals surface area contributed by atoms with E-state index in [0.717, 1.165) is 6.42 Å². The summed E-state index contributed by atoms with van der Waals surface area (Å²) in [5.41, 5.74) is 2.13. The van der Waals surface area contributed by atoms with Crippen LogP contribution in [0.1, 0.15) is 31.9 Å². The Morgan fingerprint density at radius 1 is 1.31 bits per heavy atom. The highest BCUT2D eigenvalue weighted by Crippen LogP contribution is 2.18. The number of nitrogens with zero attached hydrogens (tertiary/aromatic N) is 2. The average Bonchev–Trinajstić information content (AvgIpc) is 2.27. The van der Waals surface area contributed by atoms with Crippen molar-refractivity contribution in [3.05, 3.63) is 46.1 Å². The summed E-state index contributed by atoms with van der Waals surface area (Å²) in [6, 6.07) is 7.63. The molecule has 0 amide bonds. The van der Waals surface area contributed by atoms with Gasteiger partial charge in [0, 0.05) is 12.5 Å². The predicted octanol–water partition coefficient (Wildman–Crippen LogP) is 3.98. The van der Waals surface area contributed by atoms with Crippen molar-refractivity contribution in [1.82, 2.24) is 0 Å². The van der Waals surface area contributed by atoms with Crippen molar-refractivity contribution in [3.8, 4) is 0 Å². The van der Waals surface area contributed by atoms with E-state index in [0.29, 0.717) is 11.5 Å². The summed E-state index contributed by atoms with van der Waals surface area (Å²) in [6.07, 6.45) is 1.02. The van der Waals surface area contributed by atoms with Crippen LogP contribution in [0.4, 0.5) is 0 Å². The number of benzene rings is 1. The second-order valence-corrected chi connectivity index (χ2v) is 4.33. The number of hydrogen-bond donors (Lipinski definition) is 1. The quantitative estimate of drug-likeness (QED) is 0.614. The Kier molecular flexibility index (Phi) is 4.07. The molecule has 84 valence electrons. The fourth-order valence-electron chi connectivity index (χ4n) is 1.53. The molecule has 0 fully saturated rings. The van der Waals surface area contributed by atoms with Gasteiger partial charge in [0.1, 0.15) is 0 Å². The molecular formula is C13H17N2O+. The summed E-state index contributed by atoms with van der Waals surface area (Å²) < 4.78 is 0. The van der Waals surface area contributed by atoms with Crippen LogP contribution < -0.4 is 0 Å². The SMILES string of the molecule is C/C([N+]#N)=C(/O)c1ccc(CC(C)C)cc1. The molecule has 1 aromatic carbocycles. The van der Waals surface area contributed by atoms with Crippen LogP contribution in [-0.2, 0) is 6.42 Å². The van der Waals surface area contributed by atoms with Gasteiger partial charge in [-0.2, -0.15) is 0 Å². The van der Waals surface area contributed by atoms with E-state index in [2.05, 4.69) is 18.8 Å². The molecule has 1 aromatic rings. The molecule has 0 radical (unpaired) electrons. The molecule has 0 bridgehead atoms.